The van der Waals surface area contributed by atoms with Gasteiger partial charge in [0.1, 0.15) is 0 Å². The monoisotopic (exact) mass is 175 g/mol. The van der Waals surface area contributed by atoms with Gasteiger partial charge in [-0.3, -0.25) is 0 Å². The molecule has 0 radical (unpaired) electrons. The Bertz CT molecular complexity index is 116. The van der Waals surface area contributed by atoms with E-state index < -0.39 is 0 Å². The van der Waals surface area contributed by atoms with Crippen LogP contribution in [0.5, 0.6) is 0 Å². The molecular weight excluding hydrogens is 158 g/mol. The lowest BCUT2D eigenvalue weighted by Crippen LogP contribution is -2.39. The number of likely N-dealkylation sites (N-methyl/N-ethyl adjacent to an activating group) is 1. The van der Waals surface area contributed by atoms with E-state index >= 15 is 0 Å². The molecule has 0 heterocycles. The molecule has 0 aliphatic heterocycles. The van der Waals surface area contributed by atoms with Crippen LogP contribution in [-0.4, -0.2) is 36.7 Å². The molecule has 0 fully saturated rings. The van der Waals surface area contributed by atoms with E-state index in [1.807, 2.05) is 11.9 Å². The van der Waals surface area contributed by atoms with E-state index in [2.05, 4.69) is 12.2 Å². The van der Waals surface area contributed by atoms with Gasteiger partial charge in [-0.05, 0) is 25.7 Å². The van der Waals surface area contributed by atoms with Crippen LogP contribution in [0.25, 0.3) is 0 Å². The lowest BCUT2D eigenvalue weighted by Gasteiger charge is -2.21. The predicted molar refractivity (Wildman–Crippen MR) is 52.6 cm³/mol. The molecule has 0 aliphatic rings. The van der Waals surface area contributed by atoms with Gasteiger partial charge in [0.15, 0.2) is 5.11 Å². The first kappa shape index (κ1) is 10.7. The maximum atomic E-state index is 5.49. The van der Waals surface area contributed by atoms with Gasteiger partial charge in [-0.1, -0.05) is 6.92 Å². The summed E-state index contributed by atoms with van der Waals surface area (Å²) in [4.78, 5) is 2.01. The van der Waals surface area contributed by atoms with Crippen molar-refractivity contribution < 1.29 is 0 Å². The van der Waals surface area contributed by atoms with Crippen molar-refractivity contribution in [3.05, 3.63) is 0 Å². The van der Waals surface area contributed by atoms with Crippen LogP contribution < -0.4 is 11.1 Å². The Morgan fingerprint density at radius 1 is 1.55 bits per heavy atom. The molecule has 0 aromatic heterocycles. The zero-order valence-electron chi connectivity index (χ0n) is 7.26. The molecule has 66 valence electrons. The van der Waals surface area contributed by atoms with Crippen molar-refractivity contribution in [1.82, 2.24) is 10.2 Å². The summed E-state index contributed by atoms with van der Waals surface area (Å²) in [6.45, 7) is 4.90. The van der Waals surface area contributed by atoms with Crippen molar-refractivity contribution in [2.24, 2.45) is 5.73 Å². The van der Waals surface area contributed by atoms with E-state index in [1.165, 1.54) is 0 Å². The summed E-state index contributed by atoms with van der Waals surface area (Å²) in [7, 11) is 1.92. The first-order valence-electron chi connectivity index (χ1n) is 3.91. The topological polar surface area (TPSA) is 41.3 Å². The average molecular weight is 175 g/mol. The molecule has 11 heavy (non-hydrogen) atoms. The van der Waals surface area contributed by atoms with Crippen LogP contribution in [0, 0.1) is 0 Å². The second-order valence-electron chi connectivity index (χ2n) is 2.43. The lowest BCUT2D eigenvalue weighted by molar-refractivity contribution is 0.418. The van der Waals surface area contributed by atoms with Crippen molar-refractivity contribution >= 4 is 17.3 Å². The fourth-order valence-electron chi connectivity index (χ4n) is 0.849. The second-order valence-corrected chi connectivity index (χ2v) is 2.85. The second kappa shape index (κ2) is 6.37. The minimum atomic E-state index is 0.502. The smallest absolute Gasteiger partial charge is 0.166 e. The Morgan fingerprint density at radius 2 is 2.18 bits per heavy atom. The lowest BCUT2D eigenvalue weighted by atomic mass is 10.4. The van der Waals surface area contributed by atoms with Crippen molar-refractivity contribution in [1.29, 1.82) is 0 Å². The molecule has 3 nitrogen and oxygen atoms in total. The Hall–Kier alpha value is -0.350. The molecule has 0 saturated carbocycles. The highest BCUT2D eigenvalue weighted by Gasteiger charge is 2.02. The minimum Gasteiger partial charge on any atom is -0.376 e. The van der Waals surface area contributed by atoms with Gasteiger partial charge in [0, 0.05) is 19.6 Å². The highest BCUT2D eigenvalue weighted by atomic mass is 32.1. The Kier molecular flexibility index (Phi) is 6.16. The van der Waals surface area contributed by atoms with Gasteiger partial charge in [-0.15, -0.1) is 0 Å². The van der Waals surface area contributed by atoms with Crippen LogP contribution in [0.1, 0.15) is 13.3 Å². The van der Waals surface area contributed by atoms with Crippen molar-refractivity contribution in [3.63, 3.8) is 0 Å². The molecule has 0 spiro atoms. The van der Waals surface area contributed by atoms with E-state index in [9.17, 15) is 0 Å². The number of nitrogens with zero attached hydrogens (tertiary/aromatic N) is 1. The summed E-state index contributed by atoms with van der Waals surface area (Å²) in [6, 6.07) is 0. The van der Waals surface area contributed by atoms with E-state index in [4.69, 9.17) is 18.0 Å². The Balaban J connectivity index is 3.60. The summed E-state index contributed by atoms with van der Waals surface area (Å²) < 4.78 is 0. The minimum absolute atomic E-state index is 0.502. The highest BCUT2D eigenvalue weighted by Crippen LogP contribution is 1.89. The average Bonchev–Trinajstić information content (AvgIpc) is 1.97. The highest BCUT2D eigenvalue weighted by molar-refractivity contribution is 7.80. The molecule has 0 aromatic carbocycles. The van der Waals surface area contributed by atoms with Gasteiger partial charge in [0.25, 0.3) is 0 Å². The molecule has 0 aromatic rings. The third kappa shape index (κ3) is 4.98. The summed E-state index contributed by atoms with van der Waals surface area (Å²) in [5, 5.41) is 3.56. The van der Waals surface area contributed by atoms with Crippen molar-refractivity contribution in [2.45, 2.75) is 13.3 Å². The standard InChI is InChI=1S/C7H17N3S/c1-3-5-10(7(8)11)6-4-9-2/h9H,3-6H2,1-2H3,(H2,8,11). The van der Waals surface area contributed by atoms with E-state index in [0.29, 0.717) is 5.11 Å². The summed E-state index contributed by atoms with van der Waals surface area (Å²) in [6.07, 6.45) is 1.08. The molecule has 3 N–H and O–H groups in total. The van der Waals surface area contributed by atoms with Crippen LogP contribution in [0.3, 0.4) is 0 Å². The quantitative estimate of drug-likeness (QED) is 0.584. The third-order valence-corrected chi connectivity index (χ3v) is 1.70. The summed E-state index contributed by atoms with van der Waals surface area (Å²) in [5.74, 6) is 0. The first-order valence-corrected chi connectivity index (χ1v) is 4.32. The van der Waals surface area contributed by atoms with Gasteiger partial charge in [0.05, 0.1) is 0 Å². The normalized spacial score (nSPS) is 9.64. The number of nitrogens with one attached hydrogen (secondary N) is 1. The molecule has 0 rings (SSSR count). The Morgan fingerprint density at radius 3 is 2.55 bits per heavy atom. The van der Waals surface area contributed by atoms with Crippen LogP contribution in [0.2, 0.25) is 0 Å². The first-order chi connectivity index (χ1) is 5.22. The summed E-state index contributed by atoms with van der Waals surface area (Å²) >= 11 is 4.87. The molecule has 0 saturated heterocycles. The van der Waals surface area contributed by atoms with Gasteiger partial charge in [-0.25, -0.2) is 0 Å². The SMILES string of the molecule is CCCN(CCNC)C(N)=S. The molecule has 0 aliphatic carbocycles. The maximum Gasteiger partial charge on any atom is 0.166 e. The number of hydrogen-bond acceptors (Lipinski definition) is 2. The number of rotatable bonds is 5. The number of thiocarbonyl (C=S) groups is 1. The van der Waals surface area contributed by atoms with Crippen molar-refractivity contribution in [2.75, 3.05) is 26.7 Å². The molecular formula is C7H17N3S. The predicted octanol–water partition coefficient (Wildman–Crippen LogP) is 0.161. The zero-order chi connectivity index (χ0) is 8.69. The fraction of sp³-hybridized carbons (Fsp3) is 0.857. The van der Waals surface area contributed by atoms with Gasteiger partial charge < -0.3 is 16.0 Å². The van der Waals surface area contributed by atoms with Crippen molar-refractivity contribution in [3.8, 4) is 0 Å². The van der Waals surface area contributed by atoms with E-state index in [0.717, 1.165) is 26.1 Å². The molecule has 4 heteroatoms. The Labute approximate surface area is 73.9 Å². The largest absolute Gasteiger partial charge is 0.376 e. The summed E-state index contributed by atoms with van der Waals surface area (Å²) in [5.41, 5.74) is 5.49. The van der Waals surface area contributed by atoms with E-state index in [1.54, 1.807) is 0 Å². The molecule has 0 unspecified atom stereocenters. The van der Waals surface area contributed by atoms with Crippen LogP contribution in [0.15, 0.2) is 0 Å². The number of hydrogen-bond donors (Lipinski definition) is 2. The fourth-order valence-corrected chi connectivity index (χ4v) is 1.03. The molecule has 0 amide bonds. The third-order valence-electron chi connectivity index (χ3n) is 1.44. The maximum absolute atomic E-state index is 5.49. The van der Waals surface area contributed by atoms with Gasteiger partial charge >= 0.3 is 0 Å². The number of nitrogens with two attached hydrogens (primary N) is 1. The zero-order valence-corrected chi connectivity index (χ0v) is 8.08. The molecule has 0 bridgehead atoms. The van der Waals surface area contributed by atoms with Crippen LogP contribution >= 0.6 is 12.2 Å². The van der Waals surface area contributed by atoms with Crippen LogP contribution in [0.4, 0.5) is 0 Å². The molecule has 0 atom stereocenters. The van der Waals surface area contributed by atoms with Crippen LogP contribution in [-0.2, 0) is 0 Å². The van der Waals surface area contributed by atoms with Gasteiger partial charge in [0.2, 0.25) is 0 Å². The van der Waals surface area contributed by atoms with E-state index in [-0.39, 0.29) is 0 Å². The van der Waals surface area contributed by atoms with Gasteiger partial charge in [-0.2, -0.15) is 0 Å².